The van der Waals surface area contributed by atoms with Crippen LogP contribution in [0.3, 0.4) is 0 Å². The molecule has 9 heteroatoms. The topological polar surface area (TPSA) is 98.2 Å². The number of nitrogens with zero attached hydrogens (tertiary/aromatic N) is 2. The fraction of sp³-hybridized carbons (Fsp3) is 0.522. The number of benzene rings is 1. The monoisotopic (exact) mass is 478 g/mol. The standard InChI is InChI=1S/C23H27ClN2O5S/c1-4-11-25(15-8-6-5-7-14(15)24)20(29)18-23-10-9-22(3,32-23)17(21(30)31)16(23)19(28)26(18)13(2)12-27/h4-8,13,16-18,27H,1,9-12H2,2-3H3,(H,30,31)/t13-,16+,17-,18?,22+,23?/m1/s1. The highest BCUT2D eigenvalue weighted by Gasteiger charge is 2.77. The maximum atomic E-state index is 14.2. The second-order valence-corrected chi connectivity index (χ2v) is 11.3. The van der Waals surface area contributed by atoms with E-state index in [1.165, 1.54) is 21.6 Å². The van der Waals surface area contributed by atoms with Gasteiger partial charge in [-0.15, -0.1) is 18.3 Å². The molecule has 1 aromatic carbocycles. The molecule has 0 aromatic heterocycles. The molecular weight excluding hydrogens is 452 g/mol. The molecule has 3 fully saturated rings. The molecule has 6 atom stereocenters. The number of thioether (sulfide) groups is 1. The summed E-state index contributed by atoms with van der Waals surface area (Å²) in [6.45, 7) is 7.18. The Kier molecular flexibility index (Phi) is 5.84. The molecule has 1 aromatic rings. The molecule has 3 aliphatic rings. The van der Waals surface area contributed by atoms with E-state index in [1.54, 1.807) is 37.3 Å². The Bertz CT molecular complexity index is 989. The van der Waals surface area contributed by atoms with Gasteiger partial charge in [0.1, 0.15) is 6.04 Å². The van der Waals surface area contributed by atoms with Gasteiger partial charge in [-0.3, -0.25) is 14.4 Å². The number of likely N-dealkylation sites (tertiary alicyclic amines) is 1. The minimum atomic E-state index is -1.02. The number of carboxylic acid groups (broad SMARTS) is 1. The van der Waals surface area contributed by atoms with E-state index in [-0.39, 0.29) is 25.0 Å². The van der Waals surface area contributed by atoms with Gasteiger partial charge in [0.2, 0.25) is 5.91 Å². The number of carbonyl (C=O) groups is 3. The van der Waals surface area contributed by atoms with Gasteiger partial charge in [-0.1, -0.05) is 29.8 Å². The summed E-state index contributed by atoms with van der Waals surface area (Å²) in [5.74, 6) is -3.42. The molecule has 32 heavy (non-hydrogen) atoms. The lowest BCUT2D eigenvalue weighted by atomic mass is 9.66. The molecule has 4 rings (SSSR count). The molecule has 3 saturated heterocycles. The van der Waals surface area contributed by atoms with E-state index in [0.717, 1.165) is 0 Å². The minimum Gasteiger partial charge on any atom is -0.481 e. The van der Waals surface area contributed by atoms with Crippen LogP contribution in [0, 0.1) is 11.8 Å². The summed E-state index contributed by atoms with van der Waals surface area (Å²) >= 11 is 7.87. The van der Waals surface area contributed by atoms with Crippen molar-refractivity contribution in [2.45, 2.75) is 48.3 Å². The first kappa shape index (κ1) is 23.1. The second kappa shape index (κ2) is 8.08. The average molecular weight is 479 g/mol. The number of para-hydroxylation sites is 1. The van der Waals surface area contributed by atoms with Crippen LogP contribution in [0.4, 0.5) is 5.69 Å². The summed E-state index contributed by atoms with van der Waals surface area (Å²) in [6.07, 6.45) is 2.76. The number of hydrogen-bond acceptors (Lipinski definition) is 5. The van der Waals surface area contributed by atoms with Crippen molar-refractivity contribution in [2.75, 3.05) is 18.1 Å². The molecule has 2 amide bonds. The van der Waals surface area contributed by atoms with Crippen molar-refractivity contribution in [3.8, 4) is 0 Å². The zero-order valence-electron chi connectivity index (χ0n) is 18.0. The summed E-state index contributed by atoms with van der Waals surface area (Å²) in [5, 5.41) is 20.3. The van der Waals surface area contributed by atoms with Gasteiger partial charge in [-0.2, -0.15) is 0 Å². The third-order valence-corrected chi connectivity index (χ3v) is 9.48. The maximum absolute atomic E-state index is 14.2. The van der Waals surface area contributed by atoms with Crippen LogP contribution in [0.25, 0.3) is 0 Å². The molecule has 2 bridgehead atoms. The van der Waals surface area contributed by atoms with Crippen LogP contribution in [-0.2, 0) is 14.4 Å². The van der Waals surface area contributed by atoms with Crippen LogP contribution in [0.5, 0.6) is 0 Å². The predicted molar refractivity (Wildman–Crippen MR) is 124 cm³/mol. The molecule has 3 aliphatic heterocycles. The van der Waals surface area contributed by atoms with Gasteiger partial charge in [0.15, 0.2) is 0 Å². The number of anilines is 1. The van der Waals surface area contributed by atoms with Crippen LogP contribution < -0.4 is 4.90 Å². The van der Waals surface area contributed by atoms with Crippen molar-refractivity contribution >= 4 is 46.8 Å². The maximum Gasteiger partial charge on any atom is 0.308 e. The summed E-state index contributed by atoms with van der Waals surface area (Å²) in [5.41, 5.74) is 0.501. The number of amides is 2. The van der Waals surface area contributed by atoms with Crippen LogP contribution in [0.2, 0.25) is 5.02 Å². The SMILES string of the molecule is C=CCN(C(=O)C1N([C@H](C)CO)C(=O)[C@@H]2[C@H](C(=O)O)[C@]3(C)CCC12S3)c1ccccc1Cl. The first-order chi connectivity index (χ1) is 15.1. The lowest BCUT2D eigenvalue weighted by molar-refractivity contribution is -0.150. The van der Waals surface area contributed by atoms with E-state index in [1.807, 2.05) is 6.92 Å². The Hall–Kier alpha value is -2.03. The highest BCUT2D eigenvalue weighted by molar-refractivity contribution is 8.02. The third-order valence-electron chi connectivity index (χ3n) is 7.17. The molecule has 2 unspecified atom stereocenters. The Morgan fingerprint density at radius 2 is 2.09 bits per heavy atom. The van der Waals surface area contributed by atoms with Gasteiger partial charge >= 0.3 is 5.97 Å². The quantitative estimate of drug-likeness (QED) is 0.585. The van der Waals surface area contributed by atoms with Crippen LogP contribution >= 0.6 is 23.4 Å². The van der Waals surface area contributed by atoms with Gasteiger partial charge < -0.3 is 20.0 Å². The van der Waals surface area contributed by atoms with Crippen molar-refractivity contribution in [3.05, 3.63) is 41.9 Å². The number of carbonyl (C=O) groups excluding carboxylic acids is 2. The molecule has 1 spiro atoms. The number of hydrogen-bond donors (Lipinski definition) is 2. The zero-order chi connectivity index (χ0) is 23.4. The first-order valence-corrected chi connectivity index (χ1v) is 11.8. The van der Waals surface area contributed by atoms with Gasteiger partial charge in [-0.25, -0.2) is 0 Å². The molecule has 7 nitrogen and oxygen atoms in total. The largest absolute Gasteiger partial charge is 0.481 e. The number of fused-ring (bicyclic) bond motifs is 1. The predicted octanol–water partition coefficient (Wildman–Crippen LogP) is 2.81. The summed E-state index contributed by atoms with van der Waals surface area (Å²) < 4.78 is -1.48. The number of rotatable bonds is 7. The third kappa shape index (κ3) is 3.10. The van der Waals surface area contributed by atoms with Gasteiger partial charge in [0, 0.05) is 11.3 Å². The lowest BCUT2D eigenvalue weighted by Crippen LogP contribution is -2.57. The summed E-state index contributed by atoms with van der Waals surface area (Å²) in [4.78, 5) is 43.0. The van der Waals surface area contributed by atoms with Crippen molar-refractivity contribution in [1.82, 2.24) is 4.90 Å². The fourth-order valence-corrected chi connectivity index (χ4v) is 8.40. The van der Waals surface area contributed by atoms with E-state index in [9.17, 15) is 24.6 Å². The highest BCUT2D eigenvalue weighted by atomic mass is 35.5. The van der Waals surface area contributed by atoms with Crippen molar-refractivity contribution in [2.24, 2.45) is 11.8 Å². The molecule has 2 N–H and O–H groups in total. The molecule has 3 heterocycles. The van der Waals surface area contributed by atoms with Crippen LogP contribution in [-0.4, -0.2) is 67.6 Å². The normalized spacial score (nSPS) is 33.8. The van der Waals surface area contributed by atoms with E-state index in [0.29, 0.717) is 23.6 Å². The van der Waals surface area contributed by atoms with Crippen LogP contribution in [0.1, 0.15) is 26.7 Å². The van der Waals surface area contributed by atoms with E-state index >= 15 is 0 Å². The number of aliphatic carboxylic acids is 1. The lowest BCUT2D eigenvalue weighted by Gasteiger charge is -2.39. The molecular formula is C23H27ClN2O5S. The smallest absolute Gasteiger partial charge is 0.308 e. The summed E-state index contributed by atoms with van der Waals surface area (Å²) in [6, 6.07) is 5.42. The first-order valence-electron chi connectivity index (χ1n) is 10.7. The Morgan fingerprint density at radius 1 is 1.41 bits per heavy atom. The highest BCUT2D eigenvalue weighted by Crippen LogP contribution is 2.71. The Labute approximate surface area is 196 Å². The van der Waals surface area contributed by atoms with Gasteiger partial charge in [0.05, 0.1) is 39.9 Å². The minimum absolute atomic E-state index is 0.180. The van der Waals surface area contributed by atoms with E-state index < -0.39 is 39.4 Å². The molecule has 0 radical (unpaired) electrons. The molecule has 172 valence electrons. The van der Waals surface area contributed by atoms with Gasteiger partial charge in [0.25, 0.3) is 5.91 Å². The fourth-order valence-electron chi connectivity index (χ4n) is 5.84. The average Bonchev–Trinajstić information content (AvgIpc) is 3.32. The molecule has 0 aliphatic carbocycles. The van der Waals surface area contributed by atoms with Crippen molar-refractivity contribution in [1.29, 1.82) is 0 Å². The number of carboxylic acids is 1. The number of aliphatic hydroxyl groups is 1. The number of aliphatic hydroxyl groups excluding tert-OH is 1. The van der Waals surface area contributed by atoms with Crippen LogP contribution in [0.15, 0.2) is 36.9 Å². The summed E-state index contributed by atoms with van der Waals surface area (Å²) in [7, 11) is 0. The van der Waals surface area contributed by atoms with Crippen molar-refractivity contribution < 1.29 is 24.6 Å². The number of halogens is 1. The van der Waals surface area contributed by atoms with E-state index in [2.05, 4.69) is 6.58 Å². The van der Waals surface area contributed by atoms with Crippen molar-refractivity contribution in [3.63, 3.8) is 0 Å². The second-order valence-electron chi connectivity index (χ2n) is 9.03. The Balaban J connectivity index is 1.86. The van der Waals surface area contributed by atoms with Gasteiger partial charge in [-0.05, 0) is 38.8 Å². The zero-order valence-corrected chi connectivity index (χ0v) is 19.6. The molecule has 0 saturated carbocycles. The van der Waals surface area contributed by atoms with E-state index in [4.69, 9.17) is 11.6 Å². The Morgan fingerprint density at radius 3 is 2.69 bits per heavy atom.